The Labute approximate surface area is 199 Å². The molecule has 2 aromatic heterocycles. The monoisotopic (exact) mass is 493 g/mol. The van der Waals surface area contributed by atoms with Gasteiger partial charge in [0.2, 0.25) is 10.0 Å². The SMILES string of the molecule is CCCCOC(=O)[C@@H](C)Sc1nc2cc(S(=O)(=O)N(CC)CC)ccc2n1Cc1ccco1. The molecule has 10 heteroatoms. The van der Waals surface area contributed by atoms with Crippen LogP contribution in [-0.4, -0.2) is 53.2 Å². The lowest BCUT2D eigenvalue weighted by atomic mass is 10.3. The van der Waals surface area contributed by atoms with Crippen molar-refractivity contribution in [2.24, 2.45) is 0 Å². The predicted octanol–water partition coefficient (Wildman–Crippen LogP) is 4.53. The van der Waals surface area contributed by atoms with Crippen molar-refractivity contribution in [1.82, 2.24) is 13.9 Å². The van der Waals surface area contributed by atoms with Gasteiger partial charge in [-0.1, -0.05) is 39.0 Å². The van der Waals surface area contributed by atoms with Gasteiger partial charge in [0, 0.05) is 13.1 Å². The van der Waals surface area contributed by atoms with E-state index in [0.717, 1.165) is 24.1 Å². The molecule has 0 amide bonds. The van der Waals surface area contributed by atoms with Crippen LogP contribution in [0.2, 0.25) is 0 Å². The average molecular weight is 494 g/mol. The van der Waals surface area contributed by atoms with Gasteiger partial charge in [-0.25, -0.2) is 13.4 Å². The first kappa shape index (κ1) is 25.3. The Morgan fingerprint density at radius 3 is 2.64 bits per heavy atom. The second kappa shape index (κ2) is 11.2. The molecule has 0 bridgehead atoms. The number of unbranched alkanes of at least 4 members (excludes halogenated alkanes) is 1. The highest BCUT2D eigenvalue weighted by molar-refractivity contribution is 8.00. The number of imidazole rings is 1. The third-order valence-corrected chi connectivity index (χ3v) is 8.39. The minimum atomic E-state index is -3.61. The van der Waals surface area contributed by atoms with Crippen molar-refractivity contribution in [1.29, 1.82) is 0 Å². The van der Waals surface area contributed by atoms with Crippen LogP contribution in [0.3, 0.4) is 0 Å². The number of hydrogen-bond donors (Lipinski definition) is 0. The summed E-state index contributed by atoms with van der Waals surface area (Å²) in [5, 5.41) is 0.131. The Bertz CT molecular complexity index is 1170. The van der Waals surface area contributed by atoms with Gasteiger partial charge >= 0.3 is 5.97 Å². The van der Waals surface area contributed by atoms with Crippen LogP contribution in [0, 0.1) is 0 Å². The maximum atomic E-state index is 13.0. The number of esters is 1. The lowest BCUT2D eigenvalue weighted by molar-refractivity contribution is -0.142. The van der Waals surface area contributed by atoms with Crippen molar-refractivity contribution in [3.63, 3.8) is 0 Å². The van der Waals surface area contributed by atoms with Gasteiger partial charge in [0.15, 0.2) is 5.16 Å². The fraction of sp³-hybridized carbons (Fsp3) is 0.478. The number of carbonyl (C=O) groups excluding carboxylic acids is 1. The van der Waals surface area contributed by atoms with Crippen LogP contribution < -0.4 is 0 Å². The van der Waals surface area contributed by atoms with E-state index in [1.54, 1.807) is 31.4 Å². The number of ether oxygens (including phenoxy) is 1. The van der Waals surface area contributed by atoms with E-state index in [2.05, 4.69) is 0 Å². The summed E-state index contributed by atoms with van der Waals surface area (Å²) in [7, 11) is -3.61. The zero-order chi connectivity index (χ0) is 24.0. The number of fused-ring (bicyclic) bond motifs is 1. The number of sulfonamides is 1. The van der Waals surface area contributed by atoms with Gasteiger partial charge in [0.1, 0.15) is 11.0 Å². The fourth-order valence-electron chi connectivity index (χ4n) is 3.40. The third-order valence-electron chi connectivity index (χ3n) is 5.28. The molecule has 0 saturated heterocycles. The maximum absolute atomic E-state index is 13.0. The topological polar surface area (TPSA) is 94.6 Å². The smallest absolute Gasteiger partial charge is 0.319 e. The first-order valence-corrected chi connectivity index (χ1v) is 13.5. The van der Waals surface area contributed by atoms with E-state index in [1.165, 1.54) is 16.1 Å². The molecule has 0 spiro atoms. The molecule has 1 aromatic carbocycles. The molecule has 0 aliphatic heterocycles. The summed E-state index contributed by atoms with van der Waals surface area (Å²) in [6, 6.07) is 8.63. The van der Waals surface area contributed by atoms with E-state index in [1.807, 2.05) is 37.5 Å². The molecule has 33 heavy (non-hydrogen) atoms. The molecule has 0 N–H and O–H groups in total. The third kappa shape index (κ3) is 5.80. The van der Waals surface area contributed by atoms with Gasteiger partial charge in [-0.3, -0.25) is 4.79 Å². The number of aromatic nitrogens is 2. The van der Waals surface area contributed by atoms with E-state index in [0.29, 0.717) is 36.9 Å². The van der Waals surface area contributed by atoms with Crippen LogP contribution in [-0.2, 0) is 26.1 Å². The molecular formula is C23H31N3O5S2. The average Bonchev–Trinajstić information content (AvgIpc) is 3.42. The van der Waals surface area contributed by atoms with Gasteiger partial charge in [0.05, 0.1) is 35.3 Å². The van der Waals surface area contributed by atoms with E-state index in [4.69, 9.17) is 14.1 Å². The van der Waals surface area contributed by atoms with Gasteiger partial charge < -0.3 is 13.7 Å². The molecule has 0 saturated carbocycles. The lowest BCUT2D eigenvalue weighted by Gasteiger charge is -2.18. The summed E-state index contributed by atoms with van der Waals surface area (Å²) in [5.41, 5.74) is 1.31. The van der Waals surface area contributed by atoms with Crippen LogP contribution in [0.15, 0.2) is 51.1 Å². The summed E-state index contributed by atoms with van der Waals surface area (Å²) in [4.78, 5) is 17.3. The Balaban J connectivity index is 1.98. The largest absolute Gasteiger partial charge is 0.467 e. The van der Waals surface area contributed by atoms with E-state index in [9.17, 15) is 13.2 Å². The summed E-state index contributed by atoms with van der Waals surface area (Å²) in [6.45, 7) is 9.04. The number of rotatable bonds is 12. The highest BCUT2D eigenvalue weighted by atomic mass is 32.2. The summed E-state index contributed by atoms with van der Waals surface area (Å²) in [6.07, 6.45) is 3.38. The highest BCUT2D eigenvalue weighted by Crippen LogP contribution is 2.30. The molecule has 8 nitrogen and oxygen atoms in total. The first-order valence-electron chi connectivity index (χ1n) is 11.2. The second-order valence-electron chi connectivity index (χ2n) is 7.58. The summed E-state index contributed by atoms with van der Waals surface area (Å²) >= 11 is 1.29. The first-order chi connectivity index (χ1) is 15.8. The fourth-order valence-corrected chi connectivity index (χ4v) is 5.80. The Kier molecular flexibility index (Phi) is 8.61. The zero-order valence-electron chi connectivity index (χ0n) is 19.5. The standard InChI is InChI=1S/C23H31N3O5S2/c1-5-8-13-31-22(27)17(4)32-23-24-20-15-19(33(28,29)25(6-2)7-3)11-12-21(20)26(23)16-18-10-9-14-30-18/h9-12,14-15,17H,5-8,13,16H2,1-4H3/t17-/m1/s1. The quantitative estimate of drug-likeness (QED) is 0.208. The molecule has 1 atom stereocenters. The van der Waals surface area contributed by atoms with Gasteiger partial charge in [-0.15, -0.1) is 0 Å². The normalized spacial score (nSPS) is 13.0. The number of furan rings is 1. The van der Waals surface area contributed by atoms with E-state index in [-0.39, 0.29) is 10.9 Å². The van der Waals surface area contributed by atoms with Crippen molar-refractivity contribution < 1.29 is 22.4 Å². The molecule has 0 aliphatic carbocycles. The number of carbonyl (C=O) groups is 1. The van der Waals surface area contributed by atoms with Crippen LogP contribution in [0.5, 0.6) is 0 Å². The molecule has 0 fully saturated rings. The van der Waals surface area contributed by atoms with Gasteiger partial charge in [-0.05, 0) is 43.7 Å². The Morgan fingerprint density at radius 1 is 1.24 bits per heavy atom. The molecule has 2 heterocycles. The van der Waals surface area contributed by atoms with E-state index >= 15 is 0 Å². The predicted molar refractivity (Wildman–Crippen MR) is 129 cm³/mol. The molecule has 0 unspecified atom stereocenters. The number of benzene rings is 1. The van der Waals surface area contributed by atoms with Crippen molar-refractivity contribution in [3.05, 3.63) is 42.4 Å². The van der Waals surface area contributed by atoms with Crippen molar-refractivity contribution in [2.75, 3.05) is 19.7 Å². The number of hydrogen-bond acceptors (Lipinski definition) is 7. The van der Waals surface area contributed by atoms with Crippen LogP contribution in [0.1, 0.15) is 46.3 Å². The summed E-state index contributed by atoms with van der Waals surface area (Å²) < 4.78 is 40.2. The van der Waals surface area contributed by atoms with E-state index < -0.39 is 15.3 Å². The van der Waals surface area contributed by atoms with Crippen LogP contribution in [0.4, 0.5) is 0 Å². The minimum absolute atomic E-state index is 0.199. The molecule has 3 rings (SSSR count). The van der Waals surface area contributed by atoms with Crippen LogP contribution in [0.25, 0.3) is 11.0 Å². The highest BCUT2D eigenvalue weighted by Gasteiger charge is 2.25. The summed E-state index contributed by atoms with van der Waals surface area (Å²) in [5.74, 6) is 0.434. The zero-order valence-corrected chi connectivity index (χ0v) is 21.1. The van der Waals surface area contributed by atoms with Crippen molar-refractivity contribution >= 4 is 38.8 Å². The van der Waals surface area contributed by atoms with Gasteiger partial charge in [-0.2, -0.15) is 4.31 Å². The molecule has 3 aromatic rings. The molecule has 0 aliphatic rings. The van der Waals surface area contributed by atoms with Crippen molar-refractivity contribution in [3.8, 4) is 0 Å². The van der Waals surface area contributed by atoms with Crippen LogP contribution >= 0.6 is 11.8 Å². The molecule has 180 valence electrons. The lowest BCUT2D eigenvalue weighted by Crippen LogP contribution is -2.30. The van der Waals surface area contributed by atoms with Gasteiger partial charge in [0.25, 0.3) is 0 Å². The molecular weight excluding hydrogens is 462 g/mol. The number of nitrogens with zero attached hydrogens (tertiary/aromatic N) is 3. The Hall–Kier alpha value is -2.30. The maximum Gasteiger partial charge on any atom is 0.319 e. The second-order valence-corrected chi connectivity index (χ2v) is 10.8. The molecule has 0 radical (unpaired) electrons. The van der Waals surface area contributed by atoms with Crippen molar-refractivity contribution in [2.45, 2.75) is 62.4 Å². The number of thioether (sulfide) groups is 1. The minimum Gasteiger partial charge on any atom is -0.467 e. The Morgan fingerprint density at radius 2 is 2.00 bits per heavy atom.